The number of benzene rings is 1. The van der Waals surface area contributed by atoms with Crippen molar-refractivity contribution in [3.05, 3.63) is 62.9 Å². The van der Waals surface area contributed by atoms with Crippen molar-refractivity contribution in [2.75, 3.05) is 25.9 Å². The van der Waals surface area contributed by atoms with Gasteiger partial charge in [-0.3, -0.25) is 4.72 Å². The van der Waals surface area contributed by atoms with E-state index in [-0.39, 0.29) is 31.7 Å². The number of fused-ring (bicyclic) bond motifs is 1. The molecule has 3 aromatic rings. The molecule has 180 valence electrons. The lowest BCUT2D eigenvalue weighted by Crippen LogP contribution is -2.27. The van der Waals surface area contributed by atoms with Gasteiger partial charge in [0.05, 0.1) is 0 Å². The Labute approximate surface area is 192 Å². The van der Waals surface area contributed by atoms with Gasteiger partial charge < -0.3 is 14.1 Å². The van der Waals surface area contributed by atoms with Gasteiger partial charge in [-0.2, -0.15) is 8.42 Å². The lowest BCUT2D eigenvalue weighted by Gasteiger charge is -2.14. The Morgan fingerprint density at radius 2 is 2.00 bits per heavy atom. The summed E-state index contributed by atoms with van der Waals surface area (Å²) >= 11 is 0. The van der Waals surface area contributed by atoms with Crippen LogP contribution in [0.1, 0.15) is 25.1 Å². The molecule has 10 nitrogen and oxygen atoms in total. The summed E-state index contributed by atoms with van der Waals surface area (Å²) in [5.41, 5.74) is 0.977. The second kappa shape index (κ2) is 9.16. The summed E-state index contributed by atoms with van der Waals surface area (Å²) in [6, 6.07) is 4.53. The summed E-state index contributed by atoms with van der Waals surface area (Å²) in [5.74, 6) is -1.15. The third kappa shape index (κ3) is 5.12. The van der Waals surface area contributed by atoms with Crippen molar-refractivity contribution in [1.29, 1.82) is 0 Å². The Morgan fingerprint density at radius 1 is 1.30 bits per heavy atom. The highest BCUT2D eigenvalue weighted by Crippen LogP contribution is 2.29. The number of amides is 1. The van der Waals surface area contributed by atoms with Crippen molar-refractivity contribution in [2.45, 2.75) is 20.3 Å². The fraction of sp³-hybridized carbons (Fsp3) is 0.286. The Morgan fingerprint density at radius 3 is 2.64 bits per heavy atom. The number of halogens is 1. The van der Waals surface area contributed by atoms with E-state index in [9.17, 15) is 22.4 Å². The van der Waals surface area contributed by atoms with E-state index in [1.54, 1.807) is 34.0 Å². The molecule has 0 aliphatic rings. The average molecular weight is 483 g/mol. The van der Waals surface area contributed by atoms with Crippen LogP contribution in [0, 0.1) is 19.7 Å². The topological polar surface area (TPSA) is 131 Å². The summed E-state index contributed by atoms with van der Waals surface area (Å²) in [5, 5.41) is 0.595. The van der Waals surface area contributed by atoms with E-state index < -0.39 is 33.6 Å². The van der Waals surface area contributed by atoms with E-state index in [1.165, 1.54) is 30.3 Å². The number of carbonyl (C=O) groups excluding carboxylic acids is 1. The zero-order chi connectivity index (χ0) is 24.5. The molecule has 2 aromatic heterocycles. The van der Waals surface area contributed by atoms with Crippen molar-refractivity contribution in [2.24, 2.45) is 0 Å². The zero-order valence-corrected chi connectivity index (χ0v) is 19.5. The number of nitrogens with zero attached hydrogens (tertiary/aromatic N) is 2. The SMILES string of the molecule is CNS(=O)(=O)Nc1nccc(Cc2c(C)c3cc(C)c(OC(=O)N(C)C)cc3oc2=O)c1F.[HH].[HH]. The van der Waals surface area contributed by atoms with Gasteiger partial charge in [-0.25, -0.2) is 23.7 Å². The van der Waals surface area contributed by atoms with Crippen molar-refractivity contribution in [3.63, 3.8) is 0 Å². The van der Waals surface area contributed by atoms with E-state index in [0.29, 0.717) is 16.5 Å². The summed E-state index contributed by atoms with van der Waals surface area (Å²) in [4.78, 5) is 29.6. The fourth-order valence-electron chi connectivity index (χ4n) is 3.08. The van der Waals surface area contributed by atoms with Crippen LogP contribution in [0.4, 0.5) is 15.0 Å². The molecule has 0 fully saturated rings. The van der Waals surface area contributed by atoms with Crippen LogP contribution in [0.2, 0.25) is 0 Å². The predicted molar refractivity (Wildman–Crippen MR) is 125 cm³/mol. The molecule has 0 aliphatic heterocycles. The van der Waals surface area contributed by atoms with Crippen LogP contribution in [-0.4, -0.2) is 45.5 Å². The summed E-state index contributed by atoms with van der Waals surface area (Å²) in [7, 11) is 0.283. The van der Waals surface area contributed by atoms with Gasteiger partial charge in [0.15, 0.2) is 11.6 Å². The number of pyridine rings is 1. The van der Waals surface area contributed by atoms with E-state index in [1.807, 2.05) is 9.44 Å². The quantitative estimate of drug-likeness (QED) is 0.517. The first-order chi connectivity index (χ1) is 15.4. The predicted octanol–water partition coefficient (Wildman–Crippen LogP) is 2.96. The summed E-state index contributed by atoms with van der Waals surface area (Å²) in [6.45, 7) is 3.44. The molecule has 0 aliphatic carbocycles. The first kappa shape index (κ1) is 24.1. The number of aromatic nitrogens is 1. The molecular formula is C21H27FN4O6S. The van der Waals surface area contributed by atoms with E-state index >= 15 is 0 Å². The molecule has 1 amide bonds. The molecule has 0 radical (unpaired) electrons. The number of nitrogens with one attached hydrogen (secondary N) is 2. The van der Waals surface area contributed by atoms with Crippen LogP contribution in [-0.2, 0) is 16.6 Å². The van der Waals surface area contributed by atoms with E-state index in [0.717, 1.165) is 0 Å². The Hall–Kier alpha value is -3.51. The summed E-state index contributed by atoms with van der Waals surface area (Å²) in [6.07, 6.45) is 0.508. The Balaban J connectivity index is 0.00000306. The molecule has 12 heteroatoms. The number of aryl methyl sites for hydroxylation is 2. The molecule has 0 saturated carbocycles. The first-order valence-corrected chi connectivity index (χ1v) is 11.2. The lowest BCUT2D eigenvalue weighted by atomic mass is 9.98. The van der Waals surface area contributed by atoms with Gasteiger partial charge in [0.1, 0.15) is 11.3 Å². The number of hydrogen-bond donors (Lipinski definition) is 2. The highest BCUT2D eigenvalue weighted by atomic mass is 32.2. The van der Waals surface area contributed by atoms with Gasteiger partial charge in [-0.05, 0) is 42.7 Å². The minimum absolute atomic E-state index is 0. The number of anilines is 1. The number of hydrogen-bond acceptors (Lipinski definition) is 7. The largest absolute Gasteiger partial charge is 0.422 e. The maximum absolute atomic E-state index is 14.9. The maximum Gasteiger partial charge on any atom is 0.414 e. The zero-order valence-electron chi connectivity index (χ0n) is 18.6. The highest BCUT2D eigenvalue weighted by molar-refractivity contribution is 7.90. The molecule has 2 N–H and O–H groups in total. The van der Waals surface area contributed by atoms with Crippen LogP contribution >= 0.6 is 0 Å². The fourth-order valence-corrected chi connectivity index (χ4v) is 3.58. The standard InChI is InChI=1S/C21H23FN4O6S.2H2/c1-11-8-14-12(2)15(20(27)31-17(14)10-16(11)32-21(28)26(4)5)9-13-6-7-24-19(18(13)22)25-33(29,30)23-3;;/h6-8,10,23H,9H2,1-5H3,(H,24,25);2*1H. The average Bonchev–Trinajstić information content (AvgIpc) is 2.74. The van der Waals surface area contributed by atoms with Gasteiger partial charge in [0.2, 0.25) is 0 Å². The smallest absolute Gasteiger partial charge is 0.414 e. The van der Waals surface area contributed by atoms with Crippen LogP contribution in [0.25, 0.3) is 11.0 Å². The molecule has 0 spiro atoms. The second-order valence-electron chi connectivity index (χ2n) is 7.49. The molecule has 0 atom stereocenters. The van der Waals surface area contributed by atoms with Crippen molar-refractivity contribution < 1.29 is 29.6 Å². The maximum atomic E-state index is 14.9. The molecule has 0 unspecified atom stereocenters. The summed E-state index contributed by atoms with van der Waals surface area (Å²) < 4.78 is 53.0. The Kier molecular flexibility index (Phi) is 6.70. The van der Waals surface area contributed by atoms with E-state index in [2.05, 4.69) is 4.98 Å². The van der Waals surface area contributed by atoms with Gasteiger partial charge >= 0.3 is 11.7 Å². The third-order valence-electron chi connectivity index (χ3n) is 4.98. The minimum Gasteiger partial charge on any atom is -0.422 e. The minimum atomic E-state index is -3.97. The van der Waals surface area contributed by atoms with E-state index in [4.69, 9.17) is 9.15 Å². The van der Waals surface area contributed by atoms with Crippen molar-refractivity contribution in [1.82, 2.24) is 14.6 Å². The van der Waals surface area contributed by atoms with Crippen molar-refractivity contribution in [3.8, 4) is 5.75 Å². The van der Waals surface area contributed by atoms with Gasteiger partial charge in [-0.15, -0.1) is 0 Å². The lowest BCUT2D eigenvalue weighted by molar-refractivity contribution is 0.171. The molecule has 3 rings (SSSR count). The normalized spacial score (nSPS) is 11.5. The molecule has 1 aromatic carbocycles. The van der Waals surface area contributed by atoms with Crippen LogP contribution in [0.15, 0.2) is 33.6 Å². The number of carbonyl (C=O) groups is 1. The Bertz CT molecular complexity index is 1410. The van der Waals surface area contributed by atoms with Gasteiger partial charge in [0, 0.05) is 53.6 Å². The van der Waals surface area contributed by atoms with Gasteiger partial charge in [0.25, 0.3) is 10.2 Å². The molecule has 33 heavy (non-hydrogen) atoms. The van der Waals surface area contributed by atoms with Gasteiger partial charge in [-0.1, -0.05) is 0 Å². The van der Waals surface area contributed by atoms with Crippen LogP contribution in [0.3, 0.4) is 0 Å². The number of rotatable bonds is 6. The third-order valence-corrected chi connectivity index (χ3v) is 5.98. The van der Waals surface area contributed by atoms with Crippen LogP contribution in [0.5, 0.6) is 5.75 Å². The van der Waals surface area contributed by atoms with Crippen molar-refractivity contribution >= 4 is 33.1 Å². The van der Waals surface area contributed by atoms with Crippen LogP contribution < -0.4 is 19.8 Å². The first-order valence-electron chi connectivity index (χ1n) is 9.74. The molecule has 2 heterocycles. The molecular weight excluding hydrogens is 455 g/mol. The molecule has 0 bridgehead atoms. The number of ether oxygens (including phenoxy) is 1. The monoisotopic (exact) mass is 482 g/mol. The second-order valence-corrected chi connectivity index (χ2v) is 9.11. The highest BCUT2D eigenvalue weighted by Gasteiger charge is 2.20. The molecule has 0 saturated heterocycles.